The normalized spacial score (nSPS) is 23.6. The molecule has 3 rings (SSSR count). The Morgan fingerprint density at radius 2 is 2.19 bits per heavy atom. The van der Waals surface area contributed by atoms with E-state index in [1.165, 1.54) is 10.9 Å². The molecule has 3 nitrogen and oxygen atoms in total. The second kappa shape index (κ2) is 6.12. The van der Waals surface area contributed by atoms with Crippen molar-refractivity contribution in [3.05, 3.63) is 41.6 Å². The first-order valence-corrected chi connectivity index (χ1v) is 7.89. The smallest absolute Gasteiger partial charge is 0.0705 e. The molecule has 1 fully saturated rings. The minimum atomic E-state index is 0.366. The summed E-state index contributed by atoms with van der Waals surface area (Å²) in [7, 11) is 0. The Kier molecular flexibility index (Phi) is 4.22. The molecule has 2 heterocycles. The highest BCUT2D eigenvalue weighted by molar-refractivity contribution is 5.79. The van der Waals surface area contributed by atoms with Gasteiger partial charge < -0.3 is 10.1 Å². The molecule has 3 heteroatoms. The highest BCUT2D eigenvalue weighted by atomic mass is 16.5. The Labute approximate surface area is 126 Å². The molecular weight excluding hydrogens is 260 g/mol. The Bertz CT molecular complexity index is 626. The molecule has 21 heavy (non-hydrogen) atoms. The third kappa shape index (κ3) is 3.09. The van der Waals surface area contributed by atoms with Crippen LogP contribution in [0.2, 0.25) is 0 Å². The number of hydrogen-bond acceptors (Lipinski definition) is 3. The van der Waals surface area contributed by atoms with Crippen LogP contribution in [0.15, 0.2) is 30.3 Å². The van der Waals surface area contributed by atoms with E-state index in [4.69, 9.17) is 4.74 Å². The van der Waals surface area contributed by atoms with E-state index in [1.807, 2.05) is 6.92 Å². The number of ether oxygens (including phenoxy) is 1. The van der Waals surface area contributed by atoms with Gasteiger partial charge in [0.15, 0.2) is 0 Å². The first kappa shape index (κ1) is 14.5. The Morgan fingerprint density at radius 1 is 1.33 bits per heavy atom. The van der Waals surface area contributed by atoms with Gasteiger partial charge in [0.05, 0.1) is 18.2 Å². The minimum absolute atomic E-state index is 0.366. The number of benzene rings is 1. The zero-order valence-corrected chi connectivity index (χ0v) is 13.1. The summed E-state index contributed by atoms with van der Waals surface area (Å²) in [5, 5.41) is 4.85. The third-order valence-corrected chi connectivity index (χ3v) is 4.34. The van der Waals surface area contributed by atoms with Crippen LogP contribution >= 0.6 is 0 Å². The van der Waals surface area contributed by atoms with E-state index in [-0.39, 0.29) is 0 Å². The van der Waals surface area contributed by atoms with Gasteiger partial charge in [-0.3, -0.25) is 4.98 Å². The van der Waals surface area contributed by atoms with Crippen molar-refractivity contribution in [1.29, 1.82) is 0 Å². The van der Waals surface area contributed by atoms with Gasteiger partial charge in [-0.05, 0) is 50.6 Å². The Balaban J connectivity index is 1.93. The number of nitrogens with one attached hydrogen (secondary N) is 1. The molecule has 2 aromatic rings. The molecular formula is C18H24N2O. The summed E-state index contributed by atoms with van der Waals surface area (Å²) in [5.74, 6) is 0.552. The zero-order chi connectivity index (χ0) is 14.8. The van der Waals surface area contributed by atoms with Crippen molar-refractivity contribution in [2.75, 3.05) is 13.2 Å². The fraction of sp³-hybridized carbons (Fsp3) is 0.500. The van der Waals surface area contributed by atoms with Gasteiger partial charge in [0.2, 0.25) is 0 Å². The van der Waals surface area contributed by atoms with E-state index < -0.39 is 0 Å². The summed E-state index contributed by atoms with van der Waals surface area (Å²) < 4.78 is 5.77. The summed E-state index contributed by atoms with van der Waals surface area (Å²) in [6.45, 7) is 8.18. The van der Waals surface area contributed by atoms with Crippen LogP contribution in [0.1, 0.15) is 37.6 Å². The number of fused-ring (bicyclic) bond motifs is 1. The van der Waals surface area contributed by atoms with E-state index in [2.05, 4.69) is 54.5 Å². The molecule has 1 aromatic heterocycles. The molecule has 1 saturated heterocycles. The highest BCUT2D eigenvalue weighted by Gasteiger charge is 2.30. The molecule has 0 saturated carbocycles. The van der Waals surface area contributed by atoms with Crippen LogP contribution in [0.4, 0.5) is 0 Å². The Hall–Kier alpha value is -1.45. The minimum Gasteiger partial charge on any atom is -0.378 e. The van der Waals surface area contributed by atoms with Crippen molar-refractivity contribution in [1.82, 2.24) is 10.3 Å². The molecule has 0 radical (unpaired) electrons. The summed E-state index contributed by atoms with van der Waals surface area (Å²) in [5.41, 5.74) is 3.49. The molecule has 0 spiro atoms. The van der Waals surface area contributed by atoms with E-state index in [0.29, 0.717) is 18.1 Å². The van der Waals surface area contributed by atoms with Gasteiger partial charge in [-0.25, -0.2) is 0 Å². The van der Waals surface area contributed by atoms with Gasteiger partial charge in [-0.1, -0.05) is 19.1 Å². The second-order valence-electron chi connectivity index (χ2n) is 6.08. The first-order valence-electron chi connectivity index (χ1n) is 7.89. The van der Waals surface area contributed by atoms with Gasteiger partial charge in [0.25, 0.3) is 0 Å². The number of pyridine rings is 1. The van der Waals surface area contributed by atoms with Crippen LogP contribution in [0.3, 0.4) is 0 Å². The lowest BCUT2D eigenvalue weighted by atomic mass is 9.90. The second-order valence-corrected chi connectivity index (χ2v) is 6.08. The van der Waals surface area contributed by atoms with E-state index in [1.54, 1.807) is 0 Å². The Morgan fingerprint density at radius 3 is 2.90 bits per heavy atom. The SMILES string of the molecule is CCNC(c1ccc2nc(C)ccc2c1)C1COC(C)C1. The lowest BCUT2D eigenvalue weighted by Crippen LogP contribution is -2.28. The highest BCUT2D eigenvalue weighted by Crippen LogP contribution is 2.32. The molecule has 0 aliphatic carbocycles. The number of rotatable bonds is 4. The lowest BCUT2D eigenvalue weighted by Gasteiger charge is -2.24. The van der Waals surface area contributed by atoms with Gasteiger partial charge in [0, 0.05) is 23.0 Å². The van der Waals surface area contributed by atoms with Gasteiger partial charge in [0.1, 0.15) is 0 Å². The summed E-state index contributed by atoms with van der Waals surface area (Å²) >= 11 is 0. The molecule has 1 aromatic carbocycles. The van der Waals surface area contributed by atoms with Crippen molar-refractivity contribution in [3.63, 3.8) is 0 Å². The van der Waals surface area contributed by atoms with Crippen LogP contribution < -0.4 is 5.32 Å². The lowest BCUT2D eigenvalue weighted by molar-refractivity contribution is 0.117. The van der Waals surface area contributed by atoms with Crippen molar-refractivity contribution in [3.8, 4) is 0 Å². The van der Waals surface area contributed by atoms with Gasteiger partial charge in [-0.2, -0.15) is 0 Å². The predicted molar refractivity (Wildman–Crippen MR) is 86.4 cm³/mol. The topological polar surface area (TPSA) is 34.2 Å². The molecule has 3 unspecified atom stereocenters. The van der Waals surface area contributed by atoms with Crippen LogP contribution in [0.5, 0.6) is 0 Å². The molecule has 1 aliphatic rings. The number of hydrogen-bond donors (Lipinski definition) is 1. The van der Waals surface area contributed by atoms with Crippen molar-refractivity contribution in [2.45, 2.75) is 39.3 Å². The summed E-state index contributed by atoms with van der Waals surface area (Å²) in [4.78, 5) is 4.59. The van der Waals surface area contributed by atoms with Crippen molar-refractivity contribution < 1.29 is 4.74 Å². The molecule has 112 valence electrons. The van der Waals surface area contributed by atoms with Crippen molar-refractivity contribution >= 4 is 10.9 Å². The van der Waals surface area contributed by atoms with Gasteiger partial charge >= 0.3 is 0 Å². The van der Waals surface area contributed by atoms with Crippen LogP contribution in [-0.4, -0.2) is 24.2 Å². The fourth-order valence-electron chi connectivity index (χ4n) is 3.30. The van der Waals surface area contributed by atoms with Crippen LogP contribution in [0, 0.1) is 12.8 Å². The van der Waals surface area contributed by atoms with E-state index in [9.17, 15) is 0 Å². The maximum atomic E-state index is 5.77. The quantitative estimate of drug-likeness (QED) is 0.931. The maximum Gasteiger partial charge on any atom is 0.0705 e. The van der Waals surface area contributed by atoms with Crippen LogP contribution in [0.25, 0.3) is 10.9 Å². The summed E-state index contributed by atoms with van der Waals surface area (Å²) in [6.07, 6.45) is 1.50. The fourth-order valence-corrected chi connectivity index (χ4v) is 3.30. The van der Waals surface area contributed by atoms with Gasteiger partial charge in [-0.15, -0.1) is 0 Å². The average molecular weight is 284 g/mol. The zero-order valence-electron chi connectivity index (χ0n) is 13.1. The maximum absolute atomic E-state index is 5.77. The number of aryl methyl sites for hydroxylation is 1. The number of aromatic nitrogens is 1. The average Bonchev–Trinajstić information content (AvgIpc) is 2.90. The first-order chi connectivity index (χ1) is 10.2. The molecule has 1 aliphatic heterocycles. The van der Waals surface area contributed by atoms with E-state index >= 15 is 0 Å². The van der Waals surface area contributed by atoms with E-state index in [0.717, 1.165) is 30.8 Å². The largest absolute Gasteiger partial charge is 0.378 e. The molecule has 3 atom stereocenters. The monoisotopic (exact) mass is 284 g/mol. The third-order valence-electron chi connectivity index (χ3n) is 4.34. The van der Waals surface area contributed by atoms with Crippen LogP contribution in [-0.2, 0) is 4.74 Å². The molecule has 1 N–H and O–H groups in total. The molecule has 0 amide bonds. The van der Waals surface area contributed by atoms with Crippen molar-refractivity contribution in [2.24, 2.45) is 5.92 Å². The number of nitrogens with zero attached hydrogens (tertiary/aromatic N) is 1. The summed E-state index contributed by atoms with van der Waals surface area (Å²) in [6, 6.07) is 11.2. The molecule has 0 bridgehead atoms. The predicted octanol–water partition coefficient (Wildman–Crippen LogP) is 3.62. The standard InChI is InChI=1S/C18H24N2O/c1-4-19-18(16-9-13(3)21-11-16)15-7-8-17-14(10-15)6-5-12(2)20-17/h5-8,10,13,16,18-19H,4,9,11H2,1-3H3.